The highest BCUT2D eigenvalue weighted by Gasteiger charge is 2.67. The highest BCUT2D eigenvalue weighted by molar-refractivity contribution is 6.25. The van der Waals surface area contributed by atoms with E-state index < -0.39 is 70.4 Å². The number of hydrogen-bond donors (Lipinski definition) is 7. The zero-order valence-electron chi connectivity index (χ0n) is 19.2. The fourth-order valence-electron chi connectivity index (χ4n) is 5.88. The first-order valence-corrected chi connectivity index (χ1v) is 11.1. The minimum atomic E-state index is -2.72. The third-order valence-electron chi connectivity index (χ3n) is 7.42. The Kier molecular flexibility index (Phi) is 5.96. The molecule has 35 heavy (non-hydrogen) atoms. The van der Waals surface area contributed by atoms with Crippen LogP contribution < -0.4 is 16.8 Å². The Morgan fingerprint density at radius 1 is 1.23 bits per heavy atom. The van der Waals surface area contributed by atoms with Crippen molar-refractivity contribution in [2.45, 2.75) is 30.6 Å². The van der Waals surface area contributed by atoms with Gasteiger partial charge in [0.05, 0.1) is 23.9 Å². The molecule has 0 bridgehead atoms. The van der Waals surface area contributed by atoms with Gasteiger partial charge in [0.1, 0.15) is 17.4 Å². The number of fused-ring (bicyclic) bond motifs is 3. The second kappa shape index (κ2) is 8.41. The number of phenolic OH excluding ortho intramolecular Hbond substituents is 1. The molecule has 12 nitrogen and oxygen atoms in total. The van der Waals surface area contributed by atoms with Gasteiger partial charge < -0.3 is 42.1 Å². The van der Waals surface area contributed by atoms with Crippen LogP contribution in [0.3, 0.4) is 0 Å². The number of carbonyl (C=O) groups excluding carboxylic acids is 4. The van der Waals surface area contributed by atoms with Crippen molar-refractivity contribution < 1.29 is 39.6 Å². The van der Waals surface area contributed by atoms with Crippen LogP contribution >= 0.6 is 0 Å². The van der Waals surface area contributed by atoms with E-state index in [0.29, 0.717) is 5.56 Å². The maximum absolute atomic E-state index is 13.7. The number of aliphatic hydroxyl groups excluding tert-OH is 2. The summed E-state index contributed by atoms with van der Waals surface area (Å²) in [6.07, 6.45) is -1.33. The van der Waals surface area contributed by atoms with E-state index in [-0.39, 0.29) is 36.2 Å². The number of Topliss-reactive ketones (excluding diaryl/α,β-unsaturated/α-hetero) is 2. The molecule has 0 aromatic heterocycles. The van der Waals surface area contributed by atoms with Crippen molar-refractivity contribution in [3.8, 4) is 5.75 Å². The Balaban J connectivity index is 1.87. The molecule has 0 heterocycles. The molecule has 0 saturated heterocycles. The summed E-state index contributed by atoms with van der Waals surface area (Å²) in [5.74, 6) is -8.77. The molecule has 3 aliphatic rings. The van der Waals surface area contributed by atoms with E-state index in [1.807, 2.05) is 0 Å². The first kappa shape index (κ1) is 24.8. The quantitative estimate of drug-likeness (QED) is 0.183. The lowest BCUT2D eigenvalue weighted by Gasteiger charge is -2.53. The Morgan fingerprint density at radius 2 is 1.89 bits per heavy atom. The van der Waals surface area contributed by atoms with Crippen molar-refractivity contribution in [3.05, 3.63) is 28.8 Å². The molecule has 9 N–H and O–H groups in total. The Morgan fingerprint density at radius 3 is 2.46 bits per heavy atom. The number of amides is 2. The fourth-order valence-corrected chi connectivity index (χ4v) is 5.88. The predicted octanol–water partition coefficient (Wildman–Crippen LogP) is -1.97. The maximum atomic E-state index is 13.7. The largest absolute Gasteiger partial charge is 0.507 e. The number of rotatable bonds is 4. The van der Waals surface area contributed by atoms with E-state index in [2.05, 4.69) is 5.32 Å². The number of primary amides is 1. The summed E-state index contributed by atoms with van der Waals surface area (Å²) in [5.41, 5.74) is 8.00. The number of carbonyl (C=O) groups is 4. The van der Waals surface area contributed by atoms with Gasteiger partial charge in [-0.2, -0.15) is 0 Å². The van der Waals surface area contributed by atoms with Crippen LogP contribution in [0.25, 0.3) is 5.76 Å². The summed E-state index contributed by atoms with van der Waals surface area (Å²) >= 11 is 0. The fraction of sp³-hybridized carbons (Fsp3) is 0.478. The van der Waals surface area contributed by atoms with Gasteiger partial charge in [-0.15, -0.1) is 0 Å². The molecule has 2 fully saturated rings. The zero-order valence-corrected chi connectivity index (χ0v) is 19.2. The van der Waals surface area contributed by atoms with Gasteiger partial charge >= 0.3 is 0 Å². The average molecular weight is 488 g/mol. The number of nitrogens with zero attached hydrogens (tertiary/aromatic N) is 1. The lowest BCUT2D eigenvalue weighted by atomic mass is 9.54. The van der Waals surface area contributed by atoms with E-state index >= 15 is 0 Å². The van der Waals surface area contributed by atoms with E-state index in [9.17, 15) is 39.6 Å². The molecule has 188 valence electrons. The SMILES string of the molecule is CN(C)[C@@H]1C(O)C(C(N)=O)C(=O)[C@@]2(O)C(=O)C3=C(O)c4c(ccc(NC(=O)CN)c4O)C[C@H]3C[C@@H]12. The van der Waals surface area contributed by atoms with E-state index in [1.165, 1.54) is 11.0 Å². The van der Waals surface area contributed by atoms with Crippen LogP contribution in [-0.4, -0.2) is 87.1 Å². The Bertz CT molecular complexity index is 1180. The molecule has 1 aromatic rings. The summed E-state index contributed by atoms with van der Waals surface area (Å²) in [4.78, 5) is 52.2. The second-order valence-corrected chi connectivity index (χ2v) is 9.54. The van der Waals surface area contributed by atoms with Gasteiger partial charge in [-0.05, 0) is 44.5 Å². The van der Waals surface area contributed by atoms with Gasteiger partial charge in [0.2, 0.25) is 17.6 Å². The molecule has 4 rings (SSSR count). The number of aliphatic hydroxyl groups is 3. The van der Waals surface area contributed by atoms with E-state index in [0.717, 1.165) is 0 Å². The van der Waals surface area contributed by atoms with Gasteiger partial charge in [-0.25, -0.2) is 0 Å². The maximum Gasteiger partial charge on any atom is 0.238 e. The van der Waals surface area contributed by atoms with Crippen molar-refractivity contribution in [3.63, 3.8) is 0 Å². The Hall–Kier alpha value is -3.32. The van der Waals surface area contributed by atoms with Crippen LogP contribution in [0.2, 0.25) is 0 Å². The van der Waals surface area contributed by atoms with Crippen molar-refractivity contribution in [2.75, 3.05) is 26.0 Å². The Labute approximate surface area is 200 Å². The summed E-state index contributed by atoms with van der Waals surface area (Å²) in [6, 6.07) is 2.06. The summed E-state index contributed by atoms with van der Waals surface area (Å²) in [6.45, 7) is -0.347. The van der Waals surface area contributed by atoms with E-state index in [4.69, 9.17) is 11.5 Å². The summed E-state index contributed by atoms with van der Waals surface area (Å²) in [5, 5.41) is 46.6. The molecular formula is C23H28N4O8. The molecule has 2 unspecified atom stereocenters. The molecule has 0 spiro atoms. The number of aromatic hydroxyl groups is 1. The molecule has 2 amide bonds. The van der Waals surface area contributed by atoms with Crippen molar-refractivity contribution in [1.29, 1.82) is 0 Å². The minimum Gasteiger partial charge on any atom is -0.507 e. The standard InChI is InChI=1S/C23H28N4O8/c1-27(2)16-10-6-9-5-8-3-4-11(26-12(28)7-24)17(29)13(8)18(30)14(9)20(32)23(10,35)21(33)15(19(16)31)22(25)34/h3-4,9-10,15-16,19,29-31,35H,5-7,24H2,1-2H3,(H2,25,34)(H,26,28)/t9-,10-,15?,16-,19?,23-/m0/s1. The number of hydrogen-bond acceptors (Lipinski definition) is 10. The van der Waals surface area contributed by atoms with E-state index in [1.54, 1.807) is 20.2 Å². The summed E-state index contributed by atoms with van der Waals surface area (Å²) in [7, 11) is 3.17. The molecule has 6 atom stereocenters. The van der Waals surface area contributed by atoms with Crippen LogP contribution in [0.15, 0.2) is 17.7 Å². The number of anilines is 1. The van der Waals surface area contributed by atoms with Crippen LogP contribution in [0, 0.1) is 17.8 Å². The lowest BCUT2D eigenvalue weighted by Crippen LogP contribution is -2.73. The van der Waals surface area contributed by atoms with Gasteiger partial charge in [0, 0.05) is 17.5 Å². The number of benzene rings is 1. The smallest absolute Gasteiger partial charge is 0.238 e. The molecule has 12 heteroatoms. The first-order chi connectivity index (χ1) is 16.4. The topological polar surface area (TPSA) is 217 Å². The normalized spacial score (nSPS) is 32.1. The lowest BCUT2D eigenvalue weighted by molar-refractivity contribution is -0.184. The number of ketones is 2. The number of nitrogens with two attached hydrogens (primary N) is 2. The van der Waals surface area contributed by atoms with Crippen molar-refractivity contribution in [1.82, 2.24) is 4.90 Å². The highest BCUT2D eigenvalue weighted by atomic mass is 16.3. The third-order valence-corrected chi connectivity index (χ3v) is 7.42. The van der Waals surface area contributed by atoms with Gasteiger partial charge in [0.15, 0.2) is 11.4 Å². The molecular weight excluding hydrogens is 460 g/mol. The van der Waals surface area contributed by atoms with Crippen LogP contribution in [0.4, 0.5) is 5.69 Å². The monoisotopic (exact) mass is 488 g/mol. The van der Waals surface area contributed by atoms with Crippen LogP contribution in [0.5, 0.6) is 5.75 Å². The molecule has 3 aliphatic carbocycles. The van der Waals surface area contributed by atoms with Crippen molar-refractivity contribution in [2.24, 2.45) is 29.2 Å². The first-order valence-electron chi connectivity index (χ1n) is 11.1. The number of phenols is 1. The molecule has 2 saturated carbocycles. The van der Waals surface area contributed by atoms with Crippen LogP contribution in [-0.2, 0) is 25.6 Å². The third kappa shape index (κ3) is 3.44. The second-order valence-electron chi connectivity index (χ2n) is 9.54. The van der Waals surface area contributed by atoms with Gasteiger partial charge in [-0.3, -0.25) is 19.2 Å². The number of nitrogens with one attached hydrogen (secondary N) is 1. The predicted molar refractivity (Wildman–Crippen MR) is 122 cm³/mol. The minimum absolute atomic E-state index is 0.0324. The zero-order chi connectivity index (χ0) is 26.0. The summed E-state index contributed by atoms with van der Waals surface area (Å²) < 4.78 is 0. The molecule has 0 radical (unpaired) electrons. The number of likely N-dealkylation sites (N-methyl/N-ethyl adjacent to an activating group) is 1. The van der Waals surface area contributed by atoms with Gasteiger partial charge in [0.25, 0.3) is 0 Å². The van der Waals surface area contributed by atoms with Crippen molar-refractivity contribution >= 4 is 34.8 Å². The van der Waals surface area contributed by atoms with Gasteiger partial charge in [-0.1, -0.05) is 6.07 Å². The molecule has 0 aliphatic heterocycles. The molecule has 1 aromatic carbocycles. The van der Waals surface area contributed by atoms with Crippen LogP contribution in [0.1, 0.15) is 17.5 Å². The average Bonchev–Trinajstić information content (AvgIpc) is 2.77. The highest BCUT2D eigenvalue weighted by Crippen LogP contribution is 2.52.